The van der Waals surface area contributed by atoms with Gasteiger partial charge in [-0.2, -0.15) is 0 Å². The minimum absolute atomic E-state index is 0.0829. The Morgan fingerprint density at radius 3 is 2.29 bits per heavy atom. The van der Waals surface area contributed by atoms with Gasteiger partial charge in [0.1, 0.15) is 0 Å². The van der Waals surface area contributed by atoms with Crippen LogP contribution in [0.1, 0.15) is 25.7 Å². The van der Waals surface area contributed by atoms with Crippen LogP contribution < -0.4 is 5.32 Å². The Bertz CT molecular complexity index is 533. The zero-order valence-corrected chi connectivity index (χ0v) is 13.4. The van der Waals surface area contributed by atoms with Crippen molar-refractivity contribution in [2.45, 2.75) is 25.7 Å². The summed E-state index contributed by atoms with van der Waals surface area (Å²) in [7, 11) is 0. The molecule has 0 aromatic heterocycles. The topological polar surface area (TPSA) is 55.4 Å². The number of halogens is 3. The lowest BCUT2D eigenvalue weighted by molar-refractivity contribution is -0.151. The van der Waals surface area contributed by atoms with E-state index in [1.807, 2.05) is 0 Å². The Labute approximate surface area is 137 Å². The molecule has 7 heteroatoms. The average Bonchev–Trinajstić information content (AvgIpc) is 2.94. The van der Waals surface area contributed by atoms with Gasteiger partial charge in [0.05, 0.1) is 21.7 Å². The number of rotatable bonds is 4. The van der Waals surface area contributed by atoms with E-state index in [-0.39, 0.29) is 34.2 Å². The van der Waals surface area contributed by atoms with Crippen LogP contribution in [-0.2, 0) is 14.3 Å². The predicted molar refractivity (Wildman–Crippen MR) is 83.0 cm³/mol. The second-order valence-electron chi connectivity index (χ2n) is 4.88. The van der Waals surface area contributed by atoms with Crippen LogP contribution in [0.4, 0.5) is 5.69 Å². The minimum Gasteiger partial charge on any atom is -0.455 e. The molecule has 0 spiro atoms. The zero-order chi connectivity index (χ0) is 15.4. The molecular formula is C14H14Cl3NO3. The molecule has 1 aliphatic rings. The Morgan fingerprint density at radius 2 is 1.71 bits per heavy atom. The van der Waals surface area contributed by atoms with Crippen molar-refractivity contribution in [2.75, 3.05) is 11.9 Å². The highest BCUT2D eigenvalue weighted by Gasteiger charge is 2.24. The van der Waals surface area contributed by atoms with E-state index in [0.717, 1.165) is 25.7 Å². The molecule has 21 heavy (non-hydrogen) atoms. The highest BCUT2D eigenvalue weighted by atomic mass is 35.5. The molecule has 4 nitrogen and oxygen atoms in total. The molecule has 1 aromatic rings. The van der Waals surface area contributed by atoms with Crippen LogP contribution in [-0.4, -0.2) is 18.5 Å². The first-order chi connectivity index (χ1) is 9.97. The van der Waals surface area contributed by atoms with Crippen molar-refractivity contribution in [3.8, 4) is 0 Å². The summed E-state index contributed by atoms with van der Waals surface area (Å²) in [5.41, 5.74) is 0.254. The fourth-order valence-electron chi connectivity index (χ4n) is 2.25. The SMILES string of the molecule is O=C(COC(=O)C1CCCC1)Nc1c(Cl)cc(Cl)cc1Cl. The van der Waals surface area contributed by atoms with Gasteiger partial charge in [-0.15, -0.1) is 0 Å². The zero-order valence-electron chi connectivity index (χ0n) is 11.1. The van der Waals surface area contributed by atoms with Crippen LogP contribution in [0.2, 0.25) is 15.1 Å². The second-order valence-corrected chi connectivity index (χ2v) is 6.13. The molecule has 0 aliphatic heterocycles. The van der Waals surface area contributed by atoms with E-state index < -0.39 is 5.91 Å². The summed E-state index contributed by atoms with van der Waals surface area (Å²) in [5, 5.41) is 3.33. The fraction of sp³-hybridized carbons (Fsp3) is 0.429. The van der Waals surface area contributed by atoms with Gasteiger partial charge in [-0.1, -0.05) is 47.6 Å². The first-order valence-electron chi connectivity index (χ1n) is 6.58. The van der Waals surface area contributed by atoms with E-state index in [9.17, 15) is 9.59 Å². The quantitative estimate of drug-likeness (QED) is 0.823. The van der Waals surface area contributed by atoms with E-state index in [2.05, 4.69) is 5.32 Å². The van der Waals surface area contributed by atoms with Gasteiger partial charge in [-0.05, 0) is 25.0 Å². The molecule has 1 aromatic carbocycles. The van der Waals surface area contributed by atoms with Crippen LogP contribution in [0.15, 0.2) is 12.1 Å². The Hall–Kier alpha value is -0.970. The molecule has 0 bridgehead atoms. The van der Waals surface area contributed by atoms with Crippen molar-refractivity contribution in [3.63, 3.8) is 0 Å². The molecule has 0 unspecified atom stereocenters. The van der Waals surface area contributed by atoms with Crippen LogP contribution in [0.5, 0.6) is 0 Å². The number of ether oxygens (including phenoxy) is 1. The lowest BCUT2D eigenvalue weighted by Gasteiger charge is -2.12. The number of anilines is 1. The summed E-state index contributed by atoms with van der Waals surface area (Å²) in [6, 6.07) is 2.93. The second kappa shape index (κ2) is 7.34. The van der Waals surface area contributed by atoms with Crippen LogP contribution in [0.3, 0.4) is 0 Å². The van der Waals surface area contributed by atoms with Gasteiger partial charge in [0.15, 0.2) is 6.61 Å². The van der Waals surface area contributed by atoms with Gasteiger partial charge in [0, 0.05) is 5.02 Å². The highest BCUT2D eigenvalue weighted by Crippen LogP contribution is 2.33. The number of carbonyl (C=O) groups is 2. The summed E-state index contributed by atoms with van der Waals surface area (Å²) in [6.07, 6.45) is 3.72. The van der Waals surface area contributed by atoms with Crippen molar-refractivity contribution in [1.29, 1.82) is 0 Å². The summed E-state index contributed by atoms with van der Waals surface area (Å²) >= 11 is 17.7. The molecule has 2 rings (SSSR count). The van der Waals surface area contributed by atoms with Gasteiger partial charge < -0.3 is 10.1 Å². The molecule has 1 saturated carbocycles. The lowest BCUT2D eigenvalue weighted by atomic mass is 10.1. The molecule has 0 heterocycles. The van der Waals surface area contributed by atoms with E-state index in [1.54, 1.807) is 0 Å². The van der Waals surface area contributed by atoms with E-state index in [1.165, 1.54) is 12.1 Å². The Balaban J connectivity index is 1.88. The first-order valence-corrected chi connectivity index (χ1v) is 7.72. The smallest absolute Gasteiger partial charge is 0.309 e. The molecule has 1 aliphatic carbocycles. The maximum absolute atomic E-state index is 11.8. The molecule has 1 N–H and O–H groups in total. The van der Waals surface area contributed by atoms with E-state index in [0.29, 0.717) is 5.02 Å². The number of hydrogen-bond donors (Lipinski definition) is 1. The summed E-state index contributed by atoms with van der Waals surface area (Å²) in [5.74, 6) is -0.899. The molecule has 0 atom stereocenters. The van der Waals surface area contributed by atoms with E-state index >= 15 is 0 Å². The van der Waals surface area contributed by atoms with Crippen molar-refractivity contribution in [1.82, 2.24) is 0 Å². The third-order valence-corrected chi connectivity index (χ3v) is 4.12. The number of esters is 1. The van der Waals surface area contributed by atoms with Crippen molar-refractivity contribution < 1.29 is 14.3 Å². The largest absolute Gasteiger partial charge is 0.455 e. The molecule has 0 radical (unpaired) electrons. The molecular weight excluding hydrogens is 337 g/mol. The number of nitrogens with one attached hydrogen (secondary N) is 1. The van der Waals surface area contributed by atoms with E-state index in [4.69, 9.17) is 39.5 Å². The number of benzene rings is 1. The van der Waals surface area contributed by atoms with Gasteiger partial charge >= 0.3 is 5.97 Å². The molecule has 1 amide bonds. The fourth-order valence-corrected chi connectivity index (χ4v) is 3.16. The summed E-state index contributed by atoms with van der Waals surface area (Å²) in [4.78, 5) is 23.5. The van der Waals surface area contributed by atoms with Crippen molar-refractivity contribution in [3.05, 3.63) is 27.2 Å². The normalized spacial score (nSPS) is 15.0. The molecule has 0 saturated heterocycles. The molecule has 114 valence electrons. The monoisotopic (exact) mass is 349 g/mol. The standard InChI is InChI=1S/C14H14Cl3NO3/c15-9-5-10(16)13(11(17)6-9)18-12(19)7-21-14(20)8-3-1-2-4-8/h5-6,8H,1-4,7H2,(H,18,19). The maximum Gasteiger partial charge on any atom is 0.309 e. The van der Waals surface area contributed by atoms with Gasteiger partial charge in [0.25, 0.3) is 5.91 Å². The van der Waals surface area contributed by atoms with Crippen LogP contribution in [0, 0.1) is 5.92 Å². The van der Waals surface area contributed by atoms with Gasteiger partial charge in [0.2, 0.25) is 0 Å². The first kappa shape index (κ1) is 16.4. The van der Waals surface area contributed by atoms with Crippen LogP contribution >= 0.6 is 34.8 Å². The summed E-state index contributed by atoms with van der Waals surface area (Å²) < 4.78 is 5.00. The third kappa shape index (κ3) is 4.50. The number of hydrogen-bond acceptors (Lipinski definition) is 3. The van der Waals surface area contributed by atoms with Crippen molar-refractivity contribution >= 4 is 52.4 Å². The Morgan fingerprint density at radius 1 is 1.14 bits per heavy atom. The summed E-state index contributed by atoms with van der Waals surface area (Å²) in [6.45, 7) is -0.357. The number of amides is 1. The number of carbonyl (C=O) groups excluding carboxylic acids is 2. The maximum atomic E-state index is 11.8. The van der Waals surface area contributed by atoms with Crippen LogP contribution in [0.25, 0.3) is 0 Å². The highest BCUT2D eigenvalue weighted by molar-refractivity contribution is 6.42. The molecule has 1 fully saturated rings. The lowest BCUT2D eigenvalue weighted by Crippen LogP contribution is -2.24. The van der Waals surface area contributed by atoms with Crippen molar-refractivity contribution in [2.24, 2.45) is 5.92 Å². The average molecular weight is 351 g/mol. The van der Waals surface area contributed by atoms with Gasteiger partial charge in [-0.25, -0.2) is 0 Å². The predicted octanol–water partition coefficient (Wildman–Crippen LogP) is 4.32. The van der Waals surface area contributed by atoms with Gasteiger partial charge in [-0.3, -0.25) is 9.59 Å². The third-order valence-electron chi connectivity index (χ3n) is 3.31. The minimum atomic E-state index is -0.493. The Kier molecular flexibility index (Phi) is 5.73.